The van der Waals surface area contributed by atoms with Gasteiger partial charge in [-0.3, -0.25) is 0 Å². The van der Waals surface area contributed by atoms with Crippen molar-refractivity contribution in [1.82, 2.24) is 20.2 Å². The van der Waals surface area contributed by atoms with Gasteiger partial charge in [0, 0.05) is 12.2 Å². The van der Waals surface area contributed by atoms with Crippen molar-refractivity contribution in [2.24, 2.45) is 11.8 Å². The molecule has 1 aromatic carbocycles. The van der Waals surface area contributed by atoms with Crippen LogP contribution in [-0.2, 0) is 0 Å². The second kappa shape index (κ2) is 6.24. The van der Waals surface area contributed by atoms with Crippen molar-refractivity contribution in [2.75, 3.05) is 11.9 Å². The number of nitrogens with zero attached hydrogens (tertiary/aromatic N) is 4. The maximum absolute atomic E-state index is 3.94. The summed E-state index contributed by atoms with van der Waals surface area (Å²) in [6.07, 6.45) is 7.12. The van der Waals surface area contributed by atoms with Gasteiger partial charge in [0.25, 0.3) is 0 Å². The molecule has 1 saturated carbocycles. The van der Waals surface area contributed by atoms with Crippen LogP contribution in [0.1, 0.15) is 38.2 Å². The van der Waals surface area contributed by atoms with E-state index in [0.29, 0.717) is 0 Å². The number of nitrogens with one attached hydrogen (secondary N) is 1. The Morgan fingerprint density at radius 1 is 1.33 bits per heavy atom. The van der Waals surface area contributed by atoms with E-state index >= 15 is 0 Å². The van der Waals surface area contributed by atoms with Crippen LogP contribution in [0.15, 0.2) is 24.5 Å². The summed E-state index contributed by atoms with van der Waals surface area (Å²) in [7, 11) is 0. The fourth-order valence-corrected chi connectivity index (χ4v) is 3.30. The molecular formula is C16H23N5. The molecule has 0 spiro atoms. The van der Waals surface area contributed by atoms with E-state index in [-0.39, 0.29) is 0 Å². The Balaban J connectivity index is 1.63. The van der Waals surface area contributed by atoms with Gasteiger partial charge in [-0.2, -0.15) is 0 Å². The Morgan fingerprint density at radius 3 is 2.95 bits per heavy atom. The molecular weight excluding hydrogens is 262 g/mol. The molecule has 21 heavy (non-hydrogen) atoms. The van der Waals surface area contributed by atoms with Crippen molar-refractivity contribution in [3.05, 3.63) is 30.1 Å². The monoisotopic (exact) mass is 285 g/mol. The van der Waals surface area contributed by atoms with E-state index in [1.807, 2.05) is 0 Å². The Morgan fingerprint density at radius 2 is 2.24 bits per heavy atom. The number of aromatic nitrogens is 4. The molecule has 0 aliphatic heterocycles. The van der Waals surface area contributed by atoms with Crippen molar-refractivity contribution < 1.29 is 0 Å². The summed E-state index contributed by atoms with van der Waals surface area (Å²) in [5.74, 6) is 1.70. The van der Waals surface area contributed by atoms with Gasteiger partial charge in [-0.25, -0.2) is 4.68 Å². The van der Waals surface area contributed by atoms with Crippen LogP contribution in [0.5, 0.6) is 0 Å². The van der Waals surface area contributed by atoms with Crippen molar-refractivity contribution in [1.29, 1.82) is 0 Å². The largest absolute Gasteiger partial charge is 0.385 e. The molecule has 1 aliphatic carbocycles. The molecule has 2 aromatic rings. The highest BCUT2D eigenvalue weighted by Crippen LogP contribution is 2.29. The molecule has 0 bridgehead atoms. The lowest BCUT2D eigenvalue weighted by molar-refractivity contribution is 0.293. The molecule has 0 radical (unpaired) electrons. The third-order valence-electron chi connectivity index (χ3n) is 4.43. The number of benzene rings is 1. The lowest BCUT2D eigenvalue weighted by Crippen LogP contribution is -2.21. The normalized spacial score (nSPS) is 22.2. The summed E-state index contributed by atoms with van der Waals surface area (Å²) in [4.78, 5) is 0. The molecule has 1 fully saturated rings. The Bertz CT molecular complexity index is 578. The van der Waals surface area contributed by atoms with Crippen molar-refractivity contribution in [3.63, 3.8) is 0 Å². The first-order valence-corrected chi connectivity index (χ1v) is 7.80. The molecule has 1 heterocycles. The number of tetrazole rings is 1. The Labute approximate surface area is 125 Å². The molecule has 1 aromatic heterocycles. The minimum Gasteiger partial charge on any atom is -0.385 e. The molecule has 0 amide bonds. The smallest absolute Gasteiger partial charge is 0.143 e. The lowest BCUT2D eigenvalue weighted by Gasteiger charge is -2.27. The highest BCUT2D eigenvalue weighted by molar-refractivity contribution is 5.53. The SMILES string of the molecule is Cc1cc(NCC2CCCC(C)C2)ccc1-n1cnnn1. The zero-order valence-corrected chi connectivity index (χ0v) is 12.8. The van der Waals surface area contributed by atoms with Crippen LogP contribution >= 0.6 is 0 Å². The van der Waals surface area contributed by atoms with Crippen molar-refractivity contribution in [2.45, 2.75) is 39.5 Å². The van der Waals surface area contributed by atoms with Crippen molar-refractivity contribution in [3.8, 4) is 5.69 Å². The molecule has 0 saturated heterocycles. The third kappa shape index (κ3) is 3.40. The predicted molar refractivity (Wildman–Crippen MR) is 83.5 cm³/mol. The summed E-state index contributed by atoms with van der Waals surface area (Å²) in [6.45, 7) is 5.54. The average molecular weight is 285 g/mol. The first kappa shape index (κ1) is 14.0. The summed E-state index contributed by atoms with van der Waals surface area (Å²) in [6, 6.07) is 6.34. The van der Waals surface area contributed by atoms with Gasteiger partial charge >= 0.3 is 0 Å². The molecule has 1 N–H and O–H groups in total. The van der Waals surface area contributed by atoms with Crippen LogP contribution in [0.2, 0.25) is 0 Å². The zero-order valence-electron chi connectivity index (χ0n) is 12.8. The highest BCUT2D eigenvalue weighted by atomic mass is 15.5. The standard InChI is InChI=1S/C16H23N5/c1-12-4-3-5-14(8-12)10-17-15-6-7-16(13(2)9-15)21-11-18-19-20-21/h6-7,9,11-12,14,17H,3-5,8,10H2,1-2H3. The molecule has 1 aliphatic rings. The second-order valence-corrected chi connectivity index (χ2v) is 6.27. The number of hydrogen-bond acceptors (Lipinski definition) is 4. The first-order valence-electron chi connectivity index (χ1n) is 7.80. The van der Waals surface area contributed by atoms with E-state index in [1.165, 1.54) is 36.9 Å². The molecule has 5 heteroatoms. The van der Waals surface area contributed by atoms with Crippen LogP contribution in [0, 0.1) is 18.8 Å². The van der Waals surface area contributed by atoms with Crippen LogP contribution in [0.25, 0.3) is 5.69 Å². The predicted octanol–water partition coefficient (Wildman–Crippen LogP) is 3.21. The molecule has 112 valence electrons. The van der Waals surface area contributed by atoms with Gasteiger partial charge in [-0.15, -0.1) is 5.10 Å². The first-order chi connectivity index (χ1) is 10.2. The summed E-state index contributed by atoms with van der Waals surface area (Å²) < 4.78 is 1.70. The average Bonchev–Trinajstić information content (AvgIpc) is 2.99. The third-order valence-corrected chi connectivity index (χ3v) is 4.43. The van der Waals surface area contributed by atoms with Crippen LogP contribution in [0.3, 0.4) is 0 Å². The van der Waals surface area contributed by atoms with E-state index in [1.54, 1.807) is 11.0 Å². The Hall–Kier alpha value is -1.91. The van der Waals surface area contributed by atoms with Crippen LogP contribution in [-0.4, -0.2) is 26.8 Å². The fraction of sp³-hybridized carbons (Fsp3) is 0.562. The van der Waals surface area contributed by atoms with E-state index < -0.39 is 0 Å². The topological polar surface area (TPSA) is 55.6 Å². The van der Waals surface area contributed by atoms with Crippen LogP contribution < -0.4 is 5.32 Å². The Kier molecular flexibility index (Phi) is 4.18. The molecule has 2 unspecified atom stereocenters. The highest BCUT2D eigenvalue weighted by Gasteiger charge is 2.18. The van der Waals surface area contributed by atoms with Crippen molar-refractivity contribution >= 4 is 5.69 Å². The van der Waals surface area contributed by atoms with Crippen LogP contribution in [0.4, 0.5) is 5.69 Å². The van der Waals surface area contributed by atoms with E-state index in [4.69, 9.17) is 0 Å². The number of hydrogen-bond donors (Lipinski definition) is 1. The zero-order chi connectivity index (χ0) is 14.7. The second-order valence-electron chi connectivity index (χ2n) is 6.27. The quantitative estimate of drug-likeness (QED) is 0.937. The minimum atomic E-state index is 0.813. The molecule has 5 nitrogen and oxygen atoms in total. The minimum absolute atomic E-state index is 0.813. The van der Waals surface area contributed by atoms with E-state index in [9.17, 15) is 0 Å². The fourth-order valence-electron chi connectivity index (χ4n) is 3.30. The van der Waals surface area contributed by atoms with Gasteiger partial charge in [0.15, 0.2) is 0 Å². The van der Waals surface area contributed by atoms with Gasteiger partial charge in [0.05, 0.1) is 5.69 Å². The lowest BCUT2D eigenvalue weighted by atomic mass is 9.82. The van der Waals surface area contributed by atoms with Gasteiger partial charge < -0.3 is 5.32 Å². The van der Waals surface area contributed by atoms with Gasteiger partial charge in [-0.1, -0.05) is 19.8 Å². The van der Waals surface area contributed by atoms with Gasteiger partial charge in [0.1, 0.15) is 6.33 Å². The molecule has 2 atom stereocenters. The number of anilines is 1. The molecule has 3 rings (SSSR count). The summed E-state index contributed by atoms with van der Waals surface area (Å²) in [5, 5.41) is 14.9. The summed E-state index contributed by atoms with van der Waals surface area (Å²) >= 11 is 0. The van der Waals surface area contributed by atoms with E-state index in [0.717, 1.165) is 24.1 Å². The number of rotatable bonds is 4. The van der Waals surface area contributed by atoms with E-state index in [2.05, 4.69) is 52.9 Å². The summed E-state index contributed by atoms with van der Waals surface area (Å²) in [5.41, 5.74) is 3.38. The van der Waals surface area contributed by atoms with Gasteiger partial charge in [0.2, 0.25) is 0 Å². The maximum atomic E-state index is 3.94. The van der Waals surface area contributed by atoms with Gasteiger partial charge in [-0.05, 0) is 65.8 Å². The number of aryl methyl sites for hydroxylation is 1. The maximum Gasteiger partial charge on any atom is 0.143 e.